The first-order valence-corrected chi connectivity index (χ1v) is 4.77. The Morgan fingerprint density at radius 3 is 2.31 bits per heavy atom. The van der Waals surface area contributed by atoms with E-state index in [1.807, 2.05) is 0 Å². The van der Waals surface area contributed by atoms with E-state index in [1.54, 1.807) is 0 Å². The summed E-state index contributed by atoms with van der Waals surface area (Å²) >= 11 is 0. The van der Waals surface area contributed by atoms with Gasteiger partial charge in [-0.1, -0.05) is 0 Å². The fourth-order valence-electron chi connectivity index (χ4n) is 0.860. The van der Waals surface area contributed by atoms with Crippen molar-refractivity contribution in [2.75, 3.05) is 12.0 Å². The molecule has 0 saturated heterocycles. The van der Waals surface area contributed by atoms with E-state index < -0.39 is 38.8 Å². The highest BCUT2D eigenvalue weighted by Crippen LogP contribution is 2.23. The van der Waals surface area contributed by atoms with Crippen LogP contribution >= 0.6 is 0 Å². The molecule has 1 aromatic rings. The van der Waals surface area contributed by atoms with Crippen molar-refractivity contribution in [1.29, 1.82) is 0 Å². The third kappa shape index (κ3) is 1.67. The molecule has 0 aliphatic carbocycles. The summed E-state index contributed by atoms with van der Waals surface area (Å²) in [5.41, 5.74) is 4.30. The second-order valence-corrected chi connectivity index (χ2v) is 3.68. The Morgan fingerprint density at radius 1 is 1.31 bits per heavy atom. The summed E-state index contributed by atoms with van der Waals surface area (Å²) in [7, 11) is -1.92. The molecule has 0 fully saturated rings. The van der Waals surface area contributed by atoms with Gasteiger partial charge in [0.05, 0.1) is 16.5 Å². The molecule has 2 nitrogen and oxygen atoms in total. The molecule has 1 rings (SSSR count). The molecule has 0 spiro atoms. The van der Waals surface area contributed by atoms with Gasteiger partial charge in [0, 0.05) is 12.3 Å². The Hall–Kier alpha value is -1.04. The smallest absolute Gasteiger partial charge is 0.183 e. The molecular weight excluding hydrogens is 203 g/mol. The average molecular weight is 209 g/mol. The Bertz CT molecular complexity index is 380. The average Bonchev–Trinajstić information content (AvgIpc) is 1.99. The van der Waals surface area contributed by atoms with Crippen molar-refractivity contribution in [2.24, 2.45) is 0 Å². The molecule has 2 N–H and O–H groups in total. The zero-order valence-corrected chi connectivity index (χ0v) is 7.42. The third-order valence-corrected chi connectivity index (χ3v) is 2.38. The summed E-state index contributed by atoms with van der Waals surface area (Å²) in [4.78, 5) is -0.785. The first-order chi connectivity index (χ1) is 5.95. The molecule has 0 aromatic heterocycles. The molecule has 0 bridgehead atoms. The van der Waals surface area contributed by atoms with Gasteiger partial charge in [0.25, 0.3) is 0 Å². The molecule has 13 heavy (non-hydrogen) atoms. The second-order valence-electron chi connectivity index (χ2n) is 2.36. The normalized spacial score (nSPS) is 12.9. The first-order valence-electron chi connectivity index (χ1n) is 3.21. The summed E-state index contributed by atoms with van der Waals surface area (Å²) < 4.78 is 49.3. The molecule has 1 aromatic carbocycles. The number of rotatable bonds is 1. The summed E-state index contributed by atoms with van der Waals surface area (Å²) in [6.45, 7) is 0. The lowest BCUT2D eigenvalue weighted by atomic mass is 10.3. The van der Waals surface area contributed by atoms with Crippen LogP contribution < -0.4 is 5.73 Å². The van der Waals surface area contributed by atoms with Crippen LogP contribution in [0.3, 0.4) is 0 Å². The van der Waals surface area contributed by atoms with Gasteiger partial charge in [-0.25, -0.2) is 13.2 Å². The van der Waals surface area contributed by atoms with Crippen LogP contribution in [-0.4, -0.2) is 10.5 Å². The number of nitrogens with two attached hydrogens (primary N) is 1. The van der Waals surface area contributed by atoms with Gasteiger partial charge in [-0.2, -0.15) is 0 Å². The highest BCUT2D eigenvalue weighted by molar-refractivity contribution is 7.84. The van der Waals surface area contributed by atoms with E-state index in [4.69, 9.17) is 5.73 Å². The number of nitrogen functional groups attached to an aromatic ring is 1. The molecule has 0 saturated carbocycles. The Labute approximate surface area is 75.0 Å². The van der Waals surface area contributed by atoms with Gasteiger partial charge in [-0.3, -0.25) is 4.21 Å². The molecular formula is C7H6F3NOS. The molecule has 1 unspecified atom stereocenters. The molecule has 0 aliphatic heterocycles. The van der Waals surface area contributed by atoms with Crippen LogP contribution in [0.15, 0.2) is 11.0 Å². The standard InChI is InChI=1S/C7H6F3NOS/c1-13(12)7-3(8)2-4(11)5(9)6(7)10/h2H,11H2,1H3. The SMILES string of the molecule is CS(=O)c1c(F)cc(N)c(F)c1F. The maximum absolute atomic E-state index is 12.9. The van der Waals surface area contributed by atoms with Crippen molar-refractivity contribution in [3.8, 4) is 0 Å². The van der Waals surface area contributed by atoms with E-state index >= 15 is 0 Å². The molecule has 72 valence electrons. The largest absolute Gasteiger partial charge is 0.396 e. The Morgan fingerprint density at radius 2 is 1.85 bits per heavy atom. The molecule has 0 aliphatic rings. The van der Waals surface area contributed by atoms with Crippen molar-refractivity contribution in [1.82, 2.24) is 0 Å². The third-order valence-electron chi connectivity index (χ3n) is 1.43. The second kappa shape index (κ2) is 3.37. The highest BCUT2D eigenvalue weighted by Gasteiger charge is 2.19. The van der Waals surface area contributed by atoms with Gasteiger partial charge < -0.3 is 5.73 Å². The van der Waals surface area contributed by atoms with E-state index in [-0.39, 0.29) is 0 Å². The summed E-state index contributed by atoms with van der Waals surface area (Å²) in [5, 5.41) is 0. The lowest BCUT2D eigenvalue weighted by molar-refractivity contribution is 0.468. The van der Waals surface area contributed by atoms with Crippen molar-refractivity contribution in [3.05, 3.63) is 23.5 Å². The number of hydrogen-bond acceptors (Lipinski definition) is 2. The van der Waals surface area contributed by atoms with Crippen LogP contribution in [0.5, 0.6) is 0 Å². The topological polar surface area (TPSA) is 43.1 Å². The van der Waals surface area contributed by atoms with E-state index in [0.29, 0.717) is 6.07 Å². The van der Waals surface area contributed by atoms with Crippen LogP contribution in [-0.2, 0) is 10.8 Å². The Balaban J connectivity index is 3.53. The van der Waals surface area contributed by atoms with Gasteiger partial charge in [-0.05, 0) is 0 Å². The zero-order valence-electron chi connectivity index (χ0n) is 6.61. The molecule has 1 atom stereocenters. The first kappa shape index (κ1) is 10.0. The minimum atomic E-state index is -1.92. The minimum Gasteiger partial charge on any atom is -0.396 e. The van der Waals surface area contributed by atoms with Gasteiger partial charge >= 0.3 is 0 Å². The Kier molecular flexibility index (Phi) is 2.60. The molecule has 6 heteroatoms. The van der Waals surface area contributed by atoms with Crippen LogP contribution in [0.1, 0.15) is 0 Å². The van der Waals surface area contributed by atoms with Gasteiger partial charge in [0.1, 0.15) is 10.7 Å². The van der Waals surface area contributed by atoms with Crippen LogP contribution in [0, 0.1) is 17.5 Å². The summed E-state index contributed by atoms with van der Waals surface area (Å²) in [5.74, 6) is -3.96. The number of anilines is 1. The lowest BCUT2D eigenvalue weighted by Gasteiger charge is -2.04. The van der Waals surface area contributed by atoms with Crippen molar-refractivity contribution < 1.29 is 17.4 Å². The fraction of sp³-hybridized carbons (Fsp3) is 0.143. The summed E-state index contributed by atoms with van der Waals surface area (Å²) in [6.07, 6.45) is 1.05. The van der Waals surface area contributed by atoms with Crippen molar-refractivity contribution in [2.45, 2.75) is 4.90 Å². The number of benzene rings is 1. The maximum atomic E-state index is 12.9. The highest BCUT2D eigenvalue weighted by atomic mass is 32.2. The zero-order chi connectivity index (χ0) is 10.2. The fourth-order valence-corrected chi connectivity index (χ4v) is 1.54. The quantitative estimate of drug-likeness (QED) is 0.561. The minimum absolute atomic E-state index is 0.606. The molecule has 0 heterocycles. The van der Waals surface area contributed by atoms with E-state index in [9.17, 15) is 17.4 Å². The summed E-state index contributed by atoms with van der Waals surface area (Å²) in [6, 6.07) is 0.606. The monoisotopic (exact) mass is 209 g/mol. The molecule has 0 amide bonds. The van der Waals surface area contributed by atoms with Crippen LogP contribution in [0.4, 0.5) is 18.9 Å². The van der Waals surface area contributed by atoms with E-state index in [2.05, 4.69) is 0 Å². The van der Waals surface area contributed by atoms with E-state index in [1.165, 1.54) is 0 Å². The van der Waals surface area contributed by atoms with Gasteiger partial charge in [0.15, 0.2) is 11.6 Å². The maximum Gasteiger partial charge on any atom is 0.183 e. The van der Waals surface area contributed by atoms with Gasteiger partial charge in [-0.15, -0.1) is 0 Å². The predicted octanol–water partition coefficient (Wildman–Crippen LogP) is 1.42. The van der Waals surface area contributed by atoms with E-state index in [0.717, 1.165) is 6.26 Å². The van der Waals surface area contributed by atoms with Crippen molar-refractivity contribution >= 4 is 16.5 Å². The van der Waals surface area contributed by atoms with Crippen LogP contribution in [0.2, 0.25) is 0 Å². The van der Waals surface area contributed by atoms with Crippen LogP contribution in [0.25, 0.3) is 0 Å². The number of halogens is 3. The van der Waals surface area contributed by atoms with Crippen molar-refractivity contribution in [3.63, 3.8) is 0 Å². The molecule has 0 radical (unpaired) electrons. The van der Waals surface area contributed by atoms with Gasteiger partial charge in [0.2, 0.25) is 0 Å². The predicted molar refractivity (Wildman–Crippen MR) is 43.1 cm³/mol. The number of hydrogen-bond donors (Lipinski definition) is 1. The lowest BCUT2D eigenvalue weighted by Crippen LogP contribution is -2.04.